The van der Waals surface area contributed by atoms with E-state index in [1.807, 2.05) is 25.1 Å². The molecule has 4 nitrogen and oxygen atoms in total. The van der Waals surface area contributed by atoms with Gasteiger partial charge in [0.2, 0.25) is 10.0 Å². The van der Waals surface area contributed by atoms with Crippen LogP contribution < -0.4 is 4.72 Å². The minimum atomic E-state index is -3.16. The molecule has 2 rings (SSSR count). The van der Waals surface area contributed by atoms with Crippen LogP contribution in [0.15, 0.2) is 30.3 Å². The van der Waals surface area contributed by atoms with Crippen molar-refractivity contribution in [1.82, 2.24) is 9.62 Å². The molecule has 1 aliphatic rings. The zero-order chi connectivity index (χ0) is 15.8. The Kier molecular flexibility index (Phi) is 6.86. The van der Waals surface area contributed by atoms with Crippen LogP contribution in [0.2, 0.25) is 0 Å². The Hall–Kier alpha value is -0.910. The third-order valence-corrected chi connectivity index (χ3v) is 5.71. The molecule has 1 unspecified atom stereocenters. The van der Waals surface area contributed by atoms with Crippen LogP contribution in [-0.4, -0.2) is 38.7 Å². The number of benzene rings is 1. The van der Waals surface area contributed by atoms with Gasteiger partial charge in [0.1, 0.15) is 0 Å². The number of piperidine rings is 1. The van der Waals surface area contributed by atoms with E-state index >= 15 is 0 Å². The Morgan fingerprint density at radius 2 is 1.82 bits per heavy atom. The highest BCUT2D eigenvalue weighted by molar-refractivity contribution is 7.89. The molecular formula is C17H28N2O2S. The molecule has 1 aromatic carbocycles. The van der Waals surface area contributed by atoms with Gasteiger partial charge < -0.3 is 0 Å². The van der Waals surface area contributed by atoms with Crippen molar-refractivity contribution in [2.24, 2.45) is 0 Å². The van der Waals surface area contributed by atoms with Crippen molar-refractivity contribution in [2.45, 2.75) is 45.1 Å². The standard InChI is InChI=1S/C17H28N2O2S/c1-2-3-14-22(20,21)18-15-17(16-10-6-4-7-11-16)19-12-8-5-9-13-19/h4,6-7,10-11,17-18H,2-3,5,8-9,12-15H2,1H3. The maximum absolute atomic E-state index is 12.1. The molecule has 0 aliphatic carbocycles. The summed E-state index contributed by atoms with van der Waals surface area (Å²) in [5.41, 5.74) is 1.20. The summed E-state index contributed by atoms with van der Waals surface area (Å²) >= 11 is 0. The number of rotatable bonds is 8. The molecule has 0 spiro atoms. The fourth-order valence-electron chi connectivity index (χ4n) is 2.98. The summed E-state index contributed by atoms with van der Waals surface area (Å²) in [6.07, 6.45) is 5.29. The second kappa shape index (κ2) is 8.65. The molecule has 1 atom stereocenters. The highest BCUT2D eigenvalue weighted by Crippen LogP contribution is 2.24. The molecule has 0 saturated carbocycles. The van der Waals surface area contributed by atoms with E-state index in [-0.39, 0.29) is 11.8 Å². The topological polar surface area (TPSA) is 49.4 Å². The Bertz CT molecular complexity index is 525. The molecule has 0 bridgehead atoms. The average molecular weight is 324 g/mol. The van der Waals surface area contributed by atoms with Crippen LogP contribution >= 0.6 is 0 Å². The molecule has 1 aliphatic heterocycles. The van der Waals surface area contributed by atoms with Gasteiger partial charge in [0.05, 0.1) is 5.75 Å². The maximum atomic E-state index is 12.1. The van der Waals surface area contributed by atoms with E-state index in [4.69, 9.17) is 0 Å². The summed E-state index contributed by atoms with van der Waals surface area (Å²) in [5.74, 6) is 0.227. The molecule has 0 radical (unpaired) electrons. The normalized spacial score (nSPS) is 18.2. The van der Waals surface area contributed by atoms with Gasteiger partial charge in [-0.05, 0) is 37.9 Å². The van der Waals surface area contributed by atoms with Gasteiger partial charge >= 0.3 is 0 Å². The zero-order valence-electron chi connectivity index (χ0n) is 13.5. The average Bonchev–Trinajstić information content (AvgIpc) is 2.55. The Morgan fingerprint density at radius 1 is 1.14 bits per heavy atom. The van der Waals surface area contributed by atoms with Crippen LogP contribution in [0.1, 0.15) is 50.6 Å². The van der Waals surface area contributed by atoms with Crippen LogP contribution in [0.5, 0.6) is 0 Å². The van der Waals surface area contributed by atoms with Crippen molar-refractivity contribution < 1.29 is 8.42 Å². The molecule has 1 fully saturated rings. The fourth-order valence-corrected chi connectivity index (χ4v) is 4.20. The van der Waals surface area contributed by atoms with Crippen LogP contribution in [0.3, 0.4) is 0 Å². The lowest BCUT2D eigenvalue weighted by atomic mass is 10.0. The van der Waals surface area contributed by atoms with Gasteiger partial charge in [-0.25, -0.2) is 13.1 Å². The number of unbranched alkanes of at least 4 members (excludes halogenated alkanes) is 1. The van der Waals surface area contributed by atoms with E-state index < -0.39 is 10.0 Å². The first-order valence-electron chi connectivity index (χ1n) is 8.39. The first-order valence-corrected chi connectivity index (χ1v) is 10.0. The van der Waals surface area contributed by atoms with Crippen LogP contribution in [0, 0.1) is 0 Å². The van der Waals surface area contributed by atoms with Gasteiger partial charge in [-0.2, -0.15) is 0 Å². The lowest BCUT2D eigenvalue weighted by molar-refractivity contribution is 0.164. The summed E-state index contributed by atoms with van der Waals surface area (Å²) in [6, 6.07) is 10.4. The van der Waals surface area contributed by atoms with Crippen LogP contribution in [0.4, 0.5) is 0 Å². The minimum absolute atomic E-state index is 0.137. The van der Waals surface area contributed by atoms with E-state index in [0.717, 1.165) is 25.9 Å². The summed E-state index contributed by atoms with van der Waals surface area (Å²) in [7, 11) is -3.16. The van der Waals surface area contributed by atoms with E-state index in [1.165, 1.54) is 24.8 Å². The first kappa shape index (κ1) is 17.4. The van der Waals surface area contributed by atoms with Crippen LogP contribution in [-0.2, 0) is 10.0 Å². The highest BCUT2D eigenvalue weighted by atomic mass is 32.2. The largest absolute Gasteiger partial charge is 0.295 e. The van der Waals surface area contributed by atoms with Crippen molar-refractivity contribution in [3.05, 3.63) is 35.9 Å². The predicted octanol–water partition coefficient (Wildman–Crippen LogP) is 2.93. The van der Waals surface area contributed by atoms with Gasteiger partial charge in [0, 0.05) is 12.6 Å². The molecule has 0 amide bonds. The summed E-state index contributed by atoms with van der Waals surface area (Å²) in [5, 5.41) is 0. The van der Waals surface area contributed by atoms with E-state index in [2.05, 4.69) is 21.8 Å². The number of likely N-dealkylation sites (tertiary alicyclic amines) is 1. The second-order valence-electron chi connectivity index (χ2n) is 6.04. The molecule has 1 heterocycles. The Balaban J connectivity index is 2.05. The number of sulfonamides is 1. The lowest BCUT2D eigenvalue weighted by Gasteiger charge is -2.35. The number of nitrogens with zero attached hydrogens (tertiary/aromatic N) is 1. The molecule has 5 heteroatoms. The van der Waals surface area contributed by atoms with Gasteiger partial charge in [0.25, 0.3) is 0 Å². The molecule has 1 N–H and O–H groups in total. The molecular weight excluding hydrogens is 296 g/mol. The number of hydrogen-bond acceptors (Lipinski definition) is 3. The monoisotopic (exact) mass is 324 g/mol. The molecule has 124 valence electrons. The van der Waals surface area contributed by atoms with Gasteiger partial charge in [-0.3, -0.25) is 4.90 Å². The Labute approximate surface area is 135 Å². The smallest absolute Gasteiger partial charge is 0.211 e. The number of nitrogens with one attached hydrogen (secondary N) is 1. The van der Waals surface area contributed by atoms with E-state index in [9.17, 15) is 8.42 Å². The van der Waals surface area contributed by atoms with Crippen molar-refractivity contribution >= 4 is 10.0 Å². The SMILES string of the molecule is CCCCS(=O)(=O)NCC(c1ccccc1)N1CCCCC1. The molecule has 1 saturated heterocycles. The quantitative estimate of drug-likeness (QED) is 0.800. The Morgan fingerprint density at radius 3 is 2.45 bits per heavy atom. The number of hydrogen-bond donors (Lipinski definition) is 1. The predicted molar refractivity (Wildman–Crippen MR) is 91.3 cm³/mol. The maximum Gasteiger partial charge on any atom is 0.211 e. The fraction of sp³-hybridized carbons (Fsp3) is 0.647. The summed E-state index contributed by atoms with van der Waals surface area (Å²) in [6.45, 7) is 4.58. The van der Waals surface area contributed by atoms with Gasteiger partial charge in [-0.15, -0.1) is 0 Å². The van der Waals surface area contributed by atoms with Crippen LogP contribution in [0.25, 0.3) is 0 Å². The zero-order valence-corrected chi connectivity index (χ0v) is 14.3. The van der Waals surface area contributed by atoms with Gasteiger partial charge in [-0.1, -0.05) is 50.1 Å². The lowest BCUT2D eigenvalue weighted by Crippen LogP contribution is -2.41. The van der Waals surface area contributed by atoms with Crippen molar-refractivity contribution in [2.75, 3.05) is 25.4 Å². The third-order valence-electron chi connectivity index (χ3n) is 4.28. The first-order chi connectivity index (χ1) is 10.6. The molecule has 0 aromatic heterocycles. The highest BCUT2D eigenvalue weighted by Gasteiger charge is 2.23. The molecule has 1 aromatic rings. The van der Waals surface area contributed by atoms with Crippen molar-refractivity contribution in [1.29, 1.82) is 0 Å². The molecule has 22 heavy (non-hydrogen) atoms. The third kappa shape index (κ3) is 5.38. The van der Waals surface area contributed by atoms with E-state index in [0.29, 0.717) is 6.54 Å². The second-order valence-corrected chi connectivity index (χ2v) is 7.97. The van der Waals surface area contributed by atoms with Gasteiger partial charge in [0.15, 0.2) is 0 Å². The van der Waals surface area contributed by atoms with Crippen molar-refractivity contribution in [3.63, 3.8) is 0 Å². The minimum Gasteiger partial charge on any atom is -0.295 e. The van der Waals surface area contributed by atoms with Crippen molar-refractivity contribution in [3.8, 4) is 0 Å². The summed E-state index contributed by atoms with van der Waals surface area (Å²) < 4.78 is 27.0. The summed E-state index contributed by atoms with van der Waals surface area (Å²) in [4.78, 5) is 2.42. The van der Waals surface area contributed by atoms with E-state index in [1.54, 1.807) is 0 Å².